The summed E-state index contributed by atoms with van der Waals surface area (Å²) in [5.74, 6) is -3.82. The summed E-state index contributed by atoms with van der Waals surface area (Å²) in [7, 11) is 0. The van der Waals surface area contributed by atoms with Crippen molar-refractivity contribution in [2.75, 3.05) is 18.0 Å². The van der Waals surface area contributed by atoms with Crippen molar-refractivity contribution in [3.63, 3.8) is 0 Å². The summed E-state index contributed by atoms with van der Waals surface area (Å²) in [5, 5.41) is 9.29. The van der Waals surface area contributed by atoms with E-state index >= 15 is 0 Å². The van der Waals surface area contributed by atoms with Crippen molar-refractivity contribution in [1.29, 1.82) is 5.26 Å². The van der Waals surface area contributed by atoms with E-state index in [2.05, 4.69) is 27.9 Å². The number of nitrogens with zero attached hydrogens (tertiary/aromatic N) is 4. The molecule has 0 spiro atoms. The molecule has 2 aliphatic rings. The molecule has 0 radical (unpaired) electrons. The normalized spacial score (nSPS) is 26.6. The maximum atomic E-state index is 13.2. The molecule has 5 nitrogen and oxygen atoms in total. The molecule has 0 N–H and O–H groups in total. The van der Waals surface area contributed by atoms with Crippen LogP contribution in [0.15, 0.2) is 24.5 Å². The van der Waals surface area contributed by atoms with Gasteiger partial charge in [-0.05, 0) is 30.4 Å². The van der Waals surface area contributed by atoms with Crippen LogP contribution in [0.3, 0.4) is 0 Å². The van der Waals surface area contributed by atoms with Gasteiger partial charge in [-0.1, -0.05) is 6.92 Å². The average molecular weight is 370 g/mol. The highest BCUT2D eigenvalue weighted by atomic mass is 19.3. The van der Waals surface area contributed by atoms with E-state index in [4.69, 9.17) is 0 Å². The smallest absolute Gasteiger partial charge is 0.258 e. The molecule has 2 aromatic rings. The molecule has 1 saturated carbocycles. The Morgan fingerprint density at radius 2 is 2.00 bits per heavy atom. The zero-order chi connectivity index (χ0) is 19.2. The first-order chi connectivity index (χ1) is 12.9. The fourth-order valence-corrected chi connectivity index (χ4v) is 4.20. The predicted octanol–water partition coefficient (Wildman–Crippen LogP) is 3.58. The van der Waals surface area contributed by atoms with E-state index in [1.807, 2.05) is 6.07 Å². The second kappa shape index (κ2) is 6.52. The molecule has 0 bridgehead atoms. The molecule has 4 rings (SSSR count). The Hall–Kier alpha value is -2.62. The minimum Gasteiger partial charge on any atom is -0.369 e. The molecule has 7 heteroatoms. The lowest BCUT2D eigenvalue weighted by Gasteiger charge is -2.38. The van der Waals surface area contributed by atoms with Crippen molar-refractivity contribution >= 4 is 22.5 Å². The molecule has 2 heterocycles. The zero-order valence-electron chi connectivity index (χ0n) is 15.0. The van der Waals surface area contributed by atoms with Crippen LogP contribution in [-0.4, -0.2) is 34.8 Å². The maximum absolute atomic E-state index is 13.2. The van der Waals surface area contributed by atoms with Gasteiger partial charge in [0.05, 0.1) is 17.2 Å². The predicted molar refractivity (Wildman–Crippen MR) is 96.4 cm³/mol. The van der Waals surface area contributed by atoms with Gasteiger partial charge >= 0.3 is 0 Å². The van der Waals surface area contributed by atoms with Gasteiger partial charge in [0, 0.05) is 38.3 Å². The second-order valence-corrected chi connectivity index (χ2v) is 7.80. The second-order valence-electron chi connectivity index (χ2n) is 7.80. The first-order valence-electron chi connectivity index (χ1n) is 9.18. The molecule has 27 heavy (non-hydrogen) atoms. The van der Waals surface area contributed by atoms with E-state index < -0.39 is 11.8 Å². The van der Waals surface area contributed by atoms with E-state index in [9.17, 15) is 18.8 Å². The molecule has 3 atom stereocenters. The fourth-order valence-electron chi connectivity index (χ4n) is 4.20. The van der Waals surface area contributed by atoms with E-state index in [-0.39, 0.29) is 24.5 Å². The number of Topliss-reactive ketones (excluding diaryl/α,β-unsaturated/α-hetero) is 1. The number of ketones is 1. The number of benzene rings is 1. The Kier molecular flexibility index (Phi) is 4.29. The van der Waals surface area contributed by atoms with Crippen LogP contribution >= 0.6 is 0 Å². The number of carbonyl (C=O) groups is 1. The Balaban J connectivity index is 1.58. The van der Waals surface area contributed by atoms with Crippen LogP contribution in [0.5, 0.6) is 0 Å². The summed E-state index contributed by atoms with van der Waals surface area (Å²) in [6, 6.07) is 5.73. The van der Waals surface area contributed by atoms with Gasteiger partial charge in [0.25, 0.3) is 5.92 Å². The van der Waals surface area contributed by atoms with Crippen LogP contribution < -0.4 is 4.90 Å². The van der Waals surface area contributed by atoms with Gasteiger partial charge in [0.15, 0.2) is 0 Å². The number of nitriles is 1. The van der Waals surface area contributed by atoms with Crippen LogP contribution in [-0.2, 0) is 4.79 Å². The molecular formula is C20H20F2N4O. The lowest BCUT2D eigenvalue weighted by Crippen LogP contribution is -2.40. The van der Waals surface area contributed by atoms with E-state index in [0.717, 1.165) is 18.7 Å². The first kappa shape index (κ1) is 17.8. The number of carbonyl (C=O) groups excluding carboxylic acids is 1. The quantitative estimate of drug-likeness (QED) is 0.823. The lowest BCUT2D eigenvalue weighted by atomic mass is 9.86. The third-order valence-corrected chi connectivity index (χ3v) is 5.52. The molecule has 140 valence electrons. The van der Waals surface area contributed by atoms with E-state index in [1.165, 1.54) is 0 Å². The van der Waals surface area contributed by atoms with Crippen molar-refractivity contribution in [3.05, 3.63) is 30.1 Å². The number of alkyl halides is 2. The number of aromatic nitrogens is 2. The SMILES string of the molecule is C[C@H]1C[C@@H](CC(=O)C2CC2(F)F)CN(c2ccc(C#N)c3nccnc23)C1. The van der Waals surface area contributed by atoms with Crippen molar-refractivity contribution in [1.82, 2.24) is 9.97 Å². The molecule has 1 aliphatic heterocycles. The lowest BCUT2D eigenvalue weighted by molar-refractivity contribution is -0.123. The van der Waals surface area contributed by atoms with Gasteiger partial charge in [0.2, 0.25) is 0 Å². The van der Waals surface area contributed by atoms with Gasteiger partial charge in [-0.2, -0.15) is 5.26 Å². The van der Waals surface area contributed by atoms with Gasteiger partial charge in [-0.15, -0.1) is 0 Å². The monoisotopic (exact) mass is 370 g/mol. The van der Waals surface area contributed by atoms with Gasteiger partial charge in [-0.25, -0.2) is 8.78 Å². The molecular weight excluding hydrogens is 350 g/mol. The number of fused-ring (bicyclic) bond motifs is 1. The zero-order valence-corrected chi connectivity index (χ0v) is 15.0. The standard InChI is InChI=1S/C20H20F2N4O/c1-12-6-13(7-17(27)15-8-20(15,21)22)11-26(10-12)16-3-2-14(9-23)18-19(16)25-5-4-24-18/h2-5,12-13,15H,6-8,10-11H2,1H3/t12-,13-,15?/m0/s1. The van der Waals surface area contributed by atoms with E-state index in [1.54, 1.807) is 18.5 Å². The Labute approximate surface area is 156 Å². The molecule has 0 amide bonds. The van der Waals surface area contributed by atoms with E-state index in [0.29, 0.717) is 29.1 Å². The highest BCUT2D eigenvalue weighted by molar-refractivity contribution is 5.92. The molecule has 1 aromatic carbocycles. The minimum atomic E-state index is -2.80. The van der Waals surface area contributed by atoms with Crippen molar-refractivity contribution < 1.29 is 13.6 Å². The van der Waals surface area contributed by atoms with Crippen LogP contribution in [0, 0.1) is 29.1 Å². The Morgan fingerprint density at radius 3 is 2.67 bits per heavy atom. The summed E-state index contributed by atoms with van der Waals surface area (Å²) in [6.07, 6.45) is 3.90. The third-order valence-electron chi connectivity index (χ3n) is 5.52. The Morgan fingerprint density at radius 1 is 1.30 bits per heavy atom. The summed E-state index contributed by atoms with van der Waals surface area (Å²) < 4.78 is 26.4. The summed E-state index contributed by atoms with van der Waals surface area (Å²) in [4.78, 5) is 23.0. The Bertz CT molecular complexity index is 939. The molecule has 1 aromatic heterocycles. The summed E-state index contributed by atoms with van der Waals surface area (Å²) in [6.45, 7) is 3.51. The summed E-state index contributed by atoms with van der Waals surface area (Å²) >= 11 is 0. The highest BCUT2D eigenvalue weighted by Crippen LogP contribution is 2.50. The highest BCUT2D eigenvalue weighted by Gasteiger charge is 2.60. The molecule has 1 saturated heterocycles. The number of halogens is 2. The van der Waals surface area contributed by atoms with Crippen LogP contribution in [0.25, 0.3) is 11.0 Å². The third kappa shape index (κ3) is 3.36. The minimum absolute atomic E-state index is 0.0417. The number of rotatable bonds is 4. The van der Waals surface area contributed by atoms with Gasteiger partial charge in [0.1, 0.15) is 22.9 Å². The van der Waals surface area contributed by atoms with Crippen LogP contribution in [0.1, 0.15) is 31.7 Å². The maximum Gasteiger partial charge on any atom is 0.258 e. The number of piperidine rings is 1. The topological polar surface area (TPSA) is 69.9 Å². The van der Waals surface area contributed by atoms with Gasteiger partial charge in [-0.3, -0.25) is 14.8 Å². The van der Waals surface area contributed by atoms with Gasteiger partial charge < -0.3 is 4.90 Å². The largest absolute Gasteiger partial charge is 0.369 e. The first-order valence-corrected chi connectivity index (χ1v) is 9.18. The average Bonchev–Trinajstić information content (AvgIpc) is 3.29. The van der Waals surface area contributed by atoms with Crippen molar-refractivity contribution in [2.24, 2.45) is 17.8 Å². The van der Waals surface area contributed by atoms with Crippen molar-refractivity contribution in [3.8, 4) is 6.07 Å². The number of hydrogen-bond donors (Lipinski definition) is 0. The molecule has 2 fully saturated rings. The summed E-state index contributed by atoms with van der Waals surface area (Å²) in [5.41, 5.74) is 2.55. The van der Waals surface area contributed by atoms with Crippen LogP contribution in [0.4, 0.5) is 14.5 Å². The molecule has 1 aliphatic carbocycles. The number of anilines is 1. The fraction of sp³-hybridized carbons (Fsp3) is 0.500. The van der Waals surface area contributed by atoms with Crippen LogP contribution in [0.2, 0.25) is 0 Å². The van der Waals surface area contributed by atoms with Crippen molar-refractivity contribution in [2.45, 2.75) is 32.1 Å². The molecule has 1 unspecified atom stereocenters. The number of hydrogen-bond acceptors (Lipinski definition) is 5.